The molecule has 1 atom stereocenters. The molecule has 1 unspecified atom stereocenters. The number of likely N-dealkylation sites (tertiary alicyclic amines) is 1. The number of methoxy groups -OCH3 is 1. The molecule has 7 heteroatoms. The van der Waals surface area contributed by atoms with Crippen LogP contribution in [-0.2, 0) is 9.59 Å². The summed E-state index contributed by atoms with van der Waals surface area (Å²) in [6, 6.07) is 12.2. The number of hydrogen-bond acceptors (Lipinski definition) is 6. The van der Waals surface area contributed by atoms with E-state index in [-0.39, 0.29) is 17.1 Å². The van der Waals surface area contributed by atoms with Crippen molar-refractivity contribution in [3.8, 4) is 11.5 Å². The van der Waals surface area contributed by atoms with Gasteiger partial charge in [0, 0.05) is 18.7 Å². The van der Waals surface area contributed by atoms with E-state index in [1.165, 1.54) is 24.1 Å². The van der Waals surface area contributed by atoms with Crippen molar-refractivity contribution in [1.29, 1.82) is 0 Å². The van der Waals surface area contributed by atoms with Gasteiger partial charge < -0.3 is 24.7 Å². The summed E-state index contributed by atoms with van der Waals surface area (Å²) >= 11 is 0. The molecule has 2 aromatic carbocycles. The SMILES string of the molecule is COc1cccc(/C(O)=C2/C(=O)C(=O)N(CCN(C)C)C2c2ccc(O)cc2)c1. The molecule has 7 nitrogen and oxygen atoms in total. The van der Waals surface area contributed by atoms with Crippen LogP contribution in [0.4, 0.5) is 0 Å². The van der Waals surface area contributed by atoms with Gasteiger partial charge in [0.2, 0.25) is 0 Å². The molecular formula is C22H24N2O5. The molecule has 0 aliphatic carbocycles. The third-order valence-electron chi connectivity index (χ3n) is 4.88. The minimum absolute atomic E-state index is 0.0210. The number of phenols is 1. The Labute approximate surface area is 169 Å². The van der Waals surface area contributed by atoms with Gasteiger partial charge in [-0.15, -0.1) is 0 Å². The first-order valence-corrected chi connectivity index (χ1v) is 9.20. The Morgan fingerprint density at radius 2 is 1.83 bits per heavy atom. The van der Waals surface area contributed by atoms with Crippen molar-refractivity contribution in [2.75, 3.05) is 34.3 Å². The van der Waals surface area contributed by atoms with Crippen LogP contribution in [-0.4, -0.2) is 66.0 Å². The fourth-order valence-electron chi connectivity index (χ4n) is 3.35. The fraction of sp³-hybridized carbons (Fsp3) is 0.273. The van der Waals surface area contributed by atoms with E-state index in [4.69, 9.17) is 4.74 Å². The largest absolute Gasteiger partial charge is 0.508 e. The van der Waals surface area contributed by atoms with Gasteiger partial charge in [-0.1, -0.05) is 24.3 Å². The molecule has 1 heterocycles. The van der Waals surface area contributed by atoms with Gasteiger partial charge in [-0.05, 0) is 43.9 Å². The van der Waals surface area contributed by atoms with Crippen molar-refractivity contribution in [3.05, 3.63) is 65.2 Å². The van der Waals surface area contributed by atoms with E-state index in [9.17, 15) is 19.8 Å². The predicted molar refractivity (Wildman–Crippen MR) is 109 cm³/mol. The Morgan fingerprint density at radius 3 is 2.45 bits per heavy atom. The molecule has 0 spiro atoms. The van der Waals surface area contributed by atoms with Gasteiger partial charge in [-0.25, -0.2) is 0 Å². The standard InChI is InChI=1S/C22H24N2O5/c1-23(2)11-12-24-19(14-7-9-16(25)10-8-14)18(21(27)22(24)28)20(26)15-5-4-6-17(13-15)29-3/h4-10,13,19,25-26H,11-12H2,1-3H3/b20-18-. The summed E-state index contributed by atoms with van der Waals surface area (Å²) in [6.45, 7) is 0.874. The normalized spacial score (nSPS) is 18.5. The van der Waals surface area contributed by atoms with Crippen LogP contribution in [0.25, 0.3) is 5.76 Å². The lowest BCUT2D eigenvalue weighted by atomic mass is 9.95. The van der Waals surface area contributed by atoms with Gasteiger partial charge in [-0.2, -0.15) is 0 Å². The maximum absolute atomic E-state index is 12.9. The van der Waals surface area contributed by atoms with Crippen LogP contribution in [0.1, 0.15) is 17.2 Å². The Bertz CT molecular complexity index is 950. The highest BCUT2D eigenvalue weighted by Gasteiger charge is 2.45. The molecule has 1 amide bonds. The van der Waals surface area contributed by atoms with Crippen molar-refractivity contribution in [1.82, 2.24) is 9.80 Å². The Kier molecular flexibility index (Phi) is 5.89. The molecule has 2 N–H and O–H groups in total. The number of ketones is 1. The van der Waals surface area contributed by atoms with Crippen LogP contribution in [0.15, 0.2) is 54.1 Å². The number of nitrogens with zero attached hydrogens (tertiary/aromatic N) is 2. The Morgan fingerprint density at radius 1 is 1.14 bits per heavy atom. The molecule has 2 aromatic rings. The average molecular weight is 396 g/mol. The van der Waals surface area contributed by atoms with Crippen LogP contribution < -0.4 is 4.74 Å². The van der Waals surface area contributed by atoms with Gasteiger partial charge in [0.05, 0.1) is 18.7 Å². The lowest BCUT2D eigenvalue weighted by Crippen LogP contribution is -2.35. The van der Waals surface area contributed by atoms with Gasteiger partial charge in [0.15, 0.2) is 0 Å². The number of likely N-dealkylation sites (N-methyl/N-ethyl adjacent to an activating group) is 1. The number of aliphatic hydroxyl groups is 1. The van der Waals surface area contributed by atoms with Crippen LogP contribution >= 0.6 is 0 Å². The molecular weight excluding hydrogens is 372 g/mol. The summed E-state index contributed by atoms with van der Waals surface area (Å²) in [5.41, 5.74) is 1.04. The highest BCUT2D eigenvalue weighted by molar-refractivity contribution is 6.46. The zero-order chi connectivity index (χ0) is 21.1. The van der Waals surface area contributed by atoms with Crippen LogP contribution in [0.3, 0.4) is 0 Å². The molecule has 0 aromatic heterocycles. The number of ether oxygens (including phenoxy) is 1. The monoisotopic (exact) mass is 396 g/mol. The number of amides is 1. The Hall–Kier alpha value is -3.32. The van der Waals surface area contributed by atoms with Crippen molar-refractivity contribution >= 4 is 17.4 Å². The smallest absolute Gasteiger partial charge is 0.295 e. The number of aromatic hydroxyl groups is 1. The van der Waals surface area contributed by atoms with Crippen molar-refractivity contribution in [2.24, 2.45) is 0 Å². The van der Waals surface area contributed by atoms with E-state index >= 15 is 0 Å². The predicted octanol–water partition coefficient (Wildman–Crippen LogP) is 2.38. The number of hydrogen-bond donors (Lipinski definition) is 2. The summed E-state index contributed by atoms with van der Waals surface area (Å²) in [6.07, 6.45) is 0. The molecule has 0 saturated carbocycles. The number of aliphatic hydroxyl groups excluding tert-OH is 1. The van der Waals surface area contributed by atoms with Crippen molar-refractivity contribution in [3.63, 3.8) is 0 Å². The number of rotatable bonds is 6. The Balaban J connectivity index is 2.14. The van der Waals surface area contributed by atoms with E-state index in [2.05, 4.69) is 0 Å². The summed E-state index contributed by atoms with van der Waals surface area (Å²) in [7, 11) is 5.26. The van der Waals surface area contributed by atoms with E-state index in [0.29, 0.717) is 30.0 Å². The average Bonchev–Trinajstić information content (AvgIpc) is 2.97. The lowest BCUT2D eigenvalue weighted by molar-refractivity contribution is -0.140. The molecule has 1 fully saturated rings. The quantitative estimate of drug-likeness (QED) is 0.443. The van der Waals surface area contributed by atoms with Crippen molar-refractivity contribution < 1.29 is 24.5 Å². The zero-order valence-corrected chi connectivity index (χ0v) is 16.6. The first-order chi connectivity index (χ1) is 13.8. The third-order valence-corrected chi connectivity index (χ3v) is 4.88. The molecule has 0 radical (unpaired) electrons. The number of carbonyl (C=O) groups excluding carboxylic acids is 2. The summed E-state index contributed by atoms with van der Waals surface area (Å²) in [5, 5.41) is 20.6. The maximum atomic E-state index is 12.9. The van der Waals surface area contributed by atoms with E-state index in [1.54, 1.807) is 36.4 Å². The van der Waals surface area contributed by atoms with Gasteiger partial charge in [0.25, 0.3) is 11.7 Å². The second-order valence-electron chi connectivity index (χ2n) is 7.12. The van der Waals surface area contributed by atoms with E-state index in [1.807, 2.05) is 19.0 Å². The second kappa shape index (κ2) is 8.36. The summed E-state index contributed by atoms with van der Waals surface area (Å²) in [5.74, 6) is -1.05. The fourth-order valence-corrected chi connectivity index (χ4v) is 3.35. The highest BCUT2D eigenvalue weighted by atomic mass is 16.5. The molecule has 1 aliphatic heterocycles. The minimum Gasteiger partial charge on any atom is -0.508 e. The van der Waals surface area contributed by atoms with Crippen LogP contribution in [0, 0.1) is 0 Å². The minimum atomic E-state index is -0.748. The number of benzene rings is 2. The first kappa shape index (κ1) is 20.4. The highest BCUT2D eigenvalue weighted by Crippen LogP contribution is 2.39. The number of carbonyl (C=O) groups is 2. The summed E-state index contributed by atoms with van der Waals surface area (Å²) in [4.78, 5) is 29.0. The molecule has 152 valence electrons. The number of Topliss-reactive ketones (excluding diaryl/α,β-unsaturated/α-hetero) is 1. The zero-order valence-electron chi connectivity index (χ0n) is 16.6. The van der Waals surface area contributed by atoms with E-state index in [0.717, 1.165) is 0 Å². The third kappa shape index (κ3) is 4.09. The van der Waals surface area contributed by atoms with Gasteiger partial charge in [0.1, 0.15) is 17.3 Å². The molecule has 3 rings (SSSR count). The number of phenolic OH excluding ortho intramolecular Hbond substituents is 1. The van der Waals surface area contributed by atoms with Crippen LogP contribution in [0.2, 0.25) is 0 Å². The first-order valence-electron chi connectivity index (χ1n) is 9.20. The van der Waals surface area contributed by atoms with Crippen LogP contribution in [0.5, 0.6) is 11.5 Å². The maximum Gasteiger partial charge on any atom is 0.295 e. The van der Waals surface area contributed by atoms with Crippen molar-refractivity contribution in [2.45, 2.75) is 6.04 Å². The van der Waals surface area contributed by atoms with Gasteiger partial charge in [-0.3, -0.25) is 9.59 Å². The topological polar surface area (TPSA) is 90.3 Å². The molecule has 1 aliphatic rings. The molecule has 0 bridgehead atoms. The summed E-state index contributed by atoms with van der Waals surface area (Å²) < 4.78 is 5.20. The molecule has 29 heavy (non-hydrogen) atoms. The van der Waals surface area contributed by atoms with Gasteiger partial charge >= 0.3 is 0 Å². The molecule has 1 saturated heterocycles. The second-order valence-corrected chi connectivity index (χ2v) is 7.12. The lowest BCUT2D eigenvalue weighted by Gasteiger charge is -2.26. The van der Waals surface area contributed by atoms with E-state index < -0.39 is 17.7 Å².